The number of halogens is 4. The maximum atomic E-state index is 14.9. The Balaban J connectivity index is 1.01. The summed E-state index contributed by atoms with van der Waals surface area (Å²) in [6.45, 7) is 9.63. The Morgan fingerprint density at radius 1 is 1.04 bits per heavy atom. The number of quaternary nitrogens is 1. The number of aryl methyl sites for hydroxylation is 1. The van der Waals surface area contributed by atoms with Crippen LogP contribution in [0, 0.1) is 23.5 Å². The van der Waals surface area contributed by atoms with Crippen LogP contribution in [-0.2, 0) is 11.2 Å². The van der Waals surface area contributed by atoms with Gasteiger partial charge in [0, 0.05) is 54.8 Å². The summed E-state index contributed by atoms with van der Waals surface area (Å²) < 4.78 is 66.7. The molecule has 15 heteroatoms. The minimum atomic E-state index is -3.30. The van der Waals surface area contributed by atoms with Crippen molar-refractivity contribution >= 4 is 29.2 Å². The van der Waals surface area contributed by atoms with Gasteiger partial charge in [0.15, 0.2) is 23.0 Å². The van der Waals surface area contributed by atoms with Crippen molar-refractivity contribution < 1.29 is 41.1 Å². The molecule has 0 spiro atoms. The second kappa shape index (κ2) is 15.8. The Morgan fingerprint density at radius 2 is 1.78 bits per heavy atom. The highest BCUT2D eigenvalue weighted by Gasteiger charge is 2.40. The zero-order valence-electron chi connectivity index (χ0n) is 31.3. The first-order valence-electron chi connectivity index (χ1n) is 18.4. The second-order valence-corrected chi connectivity index (χ2v) is 15.6. The lowest BCUT2D eigenvalue weighted by atomic mass is 9.90. The van der Waals surface area contributed by atoms with Crippen molar-refractivity contribution in [1.82, 2.24) is 24.6 Å². The van der Waals surface area contributed by atoms with Gasteiger partial charge >= 0.3 is 12.7 Å². The predicted molar refractivity (Wildman–Crippen MR) is 196 cm³/mol. The number of alkyl halides is 2. The molecule has 2 aliphatic heterocycles. The van der Waals surface area contributed by atoms with Crippen LogP contribution in [0.3, 0.4) is 0 Å². The van der Waals surface area contributed by atoms with Crippen LogP contribution in [0.4, 0.5) is 33.9 Å². The minimum absolute atomic E-state index is 0.133. The number of hydrogen-bond acceptors (Lipinski definition) is 7. The molecule has 2 fully saturated rings. The van der Waals surface area contributed by atoms with Gasteiger partial charge in [0.1, 0.15) is 5.60 Å². The van der Waals surface area contributed by atoms with Crippen LogP contribution in [0.25, 0.3) is 16.9 Å². The Kier molecular flexibility index (Phi) is 11.4. The maximum absolute atomic E-state index is 14.9. The summed E-state index contributed by atoms with van der Waals surface area (Å²) in [5, 5.41) is 6.33. The summed E-state index contributed by atoms with van der Waals surface area (Å²) in [5.74, 6) is -2.54. The highest BCUT2D eigenvalue weighted by Crippen LogP contribution is 2.33. The molecule has 2 amide bonds. The van der Waals surface area contributed by atoms with Crippen molar-refractivity contribution in [2.45, 2.75) is 65.6 Å². The topological polar surface area (TPSA) is 110 Å². The highest BCUT2D eigenvalue weighted by atomic mass is 19.3. The second-order valence-electron chi connectivity index (χ2n) is 15.6. The van der Waals surface area contributed by atoms with Crippen molar-refractivity contribution in [1.29, 1.82) is 0 Å². The van der Waals surface area contributed by atoms with Crippen molar-refractivity contribution in [3.05, 3.63) is 71.7 Å². The average Bonchev–Trinajstić information content (AvgIpc) is 3.53. The average molecular weight is 755 g/mol. The normalized spacial score (nSPS) is 19.1. The number of rotatable bonds is 12. The largest absolute Gasteiger partial charge is 0.444 e. The molecule has 0 aliphatic carbocycles. The molecule has 0 atom stereocenters. The number of ether oxygens (including phenoxy) is 2. The molecule has 290 valence electrons. The Bertz CT molecular complexity index is 1990. The van der Waals surface area contributed by atoms with Gasteiger partial charge in [-0.2, -0.15) is 13.2 Å². The quantitative estimate of drug-likeness (QED) is 0.114. The van der Waals surface area contributed by atoms with E-state index in [0.717, 1.165) is 74.2 Å². The molecule has 2 saturated heterocycles. The van der Waals surface area contributed by atoms with Crippen LogP contribution in [0.15, 0.2) is 48.9 Å². The number of likely N-dealkylation sites (tertiary alicyclic amines) is 2. The molecular formula is C39H48F4N7O4+. The minimum Gasteiger partial charge on any atom is -0.444 e. The molecule has 2 aromatic heterocycles. The summed E-state index contributed by atoms with van der Waals surface area (Å²) in [7, 11) is 2.31. The number of amides is 2. The van der Waals surface area contributed by atoms with Gasteiger partial charge in [-0.25, -0.2) is 19.2 Å². The van der Waals surface area contributed by atoms with Crippen LogP contribution in [0.2, 0.25) is 0 Å². The molecule has 54 heavy (non-hydrogen) atoms. The lowest BCUT2D eigenvalue weighted by molar-refractivity contribution is -0.919. The third kappa shape index (κ3) is 8.88. The number of nitrogens with zero attached hydrogens (tertiary/aromatic N) is 5. The predicted octanol–water partition coefficient (Wildman–Crippen LogP) is 7.43. The lowest BCUT2D eigenvalue weighted by Crippen LogP contribution is -2.60. The molecule has 0 bridgehead atoms. The Labute approximate surface area is 312 Å². The molecule has 11 nitrogen and oxygen atoms in total. The molecule has 2 aliphatic rings. The Hall–Kier alpha value is -4.92. The van der Waals surface area contributed by atoms with E-state index in [9.17, 15) is 27.2 Å². The molecule has 2 aromatic carbocycles. The third-order valence-corrected chi connectivity index (χ3v) is 10.3. The first kappa shape index (κ1) is 38.8. The van der Waals surface area contributed by atoms with E-state index in [1.807, 2.05) is 33.8 Å². The number of carbonyl (C=O) groups is 2. The number of carbonyl (C=O) groups excluding carboxylic acids is 2. The van der Waals surface area contributed by atoms with Crippen molar-refractivity contribution in [3.63, 3.8) is 0 Å². The third-order valence-electron chi connectivity index (χ3n) is 10.3. The van der Waals surface area contributed by atoms with E-state index in [1.165, 1.54) is 23.0 Å². The number of piperidine rings is 1. The smallest absolute Gasteiger partial charge is 0.410 e. The van der Waals surface area contributed by atoms with Crippen LogP contribution >= 0.6 is 0 Å². The van der Waals surface area contributed by atoms with Crippen LogP contribution in [-0.4, -0.2) is 94.3 Å². The van der Waals surface area contributed by atoms with Gasteiger partial charge in [0.2, 0.25) is 5.82 Å². The van der Waals surface area contributed by atoms with Crippen molar-refractivity contribution in [2.75, 3.05) is 51.6 Å². The summed E-state index contributed by atoms with van der Waals surface area (Å²) in [4.78, 5) is 36.1. The summed E-state index contributed by atoms with van der Waals surface area (Å²) in [6.07, 6.45) is 7.81. The molecule has 0 saturated carbocycles. The van der Waals surface area contributed by atoms with Crippen LogP contribution in [0.5, 0.6) is 5.75 Å². The lowest BCUT2D eigenvalue weighted by Gasteiger charge is -2.47. The fraction of sp³-hybridized carbons (Fsp3) is 0.487. The molecular weight excluding hydrogens is 706 g/mol. The van der Waals surface area contributed by atoms with Crippen molar-refractivity contribution in [3.8, 4) is 17.0 Å². The van der Waals surface area contributed by atoms with Gasteiger partial charge in [-0.05, 0) is 88.3 Å². The van der Waals surface area contributed by atoms with E-state index < -0.39 is 29.6 Å². The Morgan fingerprint density at radius 3 is 2.46 bits per heavy atom. The van der Waals surface area contributed by atoms with Gasteiger partial charge in [-0.1, -0.05) is 6.92 Å². The molecule has 0 radical (unpaired) electrons. The van der Waals surface area contributed by atoms with Gasteiger partial charge in [0.25, 0.3) is 5.91 Å². The first-order valence-corrected chi connectivity index (χ1v) is 18.4. The van der Waals surface area contributed by atoms with E-state index in [1.54, 1.807) is 17.0 Å². The van der Waals surface area contributed by atoms with Gasteiger partial charge in [-0.3, -0.25) is 9.20 Å². The fourth-order valence-electron chi connectivity index (χ4n) is 7.43. The van der Waals surface area contributed by atoms with Crippen LogP contribution < -0.4 is 15.4 Å². The number of imidazole rings is 1. The summed E-state index contributed by atoms with van der Waals surface area (Å²) in [6, 6.07) is 7.50. The van der Waals surface area contributed by atoms with Crippen molar-refractivity contribution in [2.24, 2.45) is 11.8 Å². The SMILES string of the molecule is CCc1cc(Nc2nccn3c(-c4ccc(OC(F)F)c(F)c4F)cnc23)ccc1C(=O)NCCC1CC[N+](C)(CC2CN(C(=O)OC(C)(C)C)C2)CC1. The van der Waals surface area contributed by atoms with Gasteiger partial charge in [-0.15, -0.1) is 0 Å². The number of fused-ring (bicyclic) bond motifs is 1. The van der Waals surface area contributed by atoms with E-state index in [2.05, 4.69) is 32.4 Å². The standard InChI is InChI=1S/C39H47F4N7O4/c1-6-26-19-27(47-34-35-46-20-30(49(35)16-15-44-34)29-9-10-31(53-37(42)43)33(41)32(29)40)7-8-28(26)36(51)45-14-11-24-12-17-50(5,18-13-24)23-25-21-48(22-25)38(52)54-39(2,3)4/h7-10,15-16,19-20,24-25,37H,6,11-14,17-18,21-23H2,1-5H3,(H-,44,45,47,51)/p+1. The molecule has 6 rings (SSSR count). The number of nitrogens with one attached hydrogen (secondary N) is 2. The molecule has 4 heterocycles. The first-order chi connectivity index (χ1) is 25.6. The number of anilines is 2. The molecule has 0 unspecified atom stereocenters. The zero-order valence-corrected chi connectivity index (χ0v) is 31.3. The zero-order chi connectivity index (χ0) is 38.8. The van der Waals surface area contributed by atoms with E-state index in [-0.39, 0.29) is 23.3 Å². The molecule has 4 aromatic rings. The number of aromatic nitrogens is 3. The number of benzene rings is 2. The monoisotopic (exact) mass is 754 g/mol. The summed E-state index contributed by atoms with van der Waals surface area (Å²) >= 11 is 0. The van der Waals surface area contributed by atoms with Crippen LogP contribution in [0.1, 0.15) is 62.9 Å². The van der Waals surface area contributed by atoms with E-state index in [4.69, 9.17) is 4.74 Å². The molecule has 2 N–H and O–H groups in total. The maximum Gasteiger partial charge on any atom is 0.410 e. The number of hydrogen-bond donors (Lipinski definition) is 2. The van der Waals surface area contributed by atoms with Gasteiger partial charge in [0.05, 0.1) is 38.6 Å². The fourth-order valence-corrected chi connectivity index (χ4v) is 7.43. The summed E-state index contributed by atoms with van der Waals surface area (Å²) in [5.41, 5.74) is 1.89. The highest BCUT2D eigenvalue weighted by molar-refractivity contribution is 5.96. The van der Waals surface area contributed by atoms with E-state index in [0.29, 0.717) is 47.5 Å². The van der Waals surface area contributed by atoms with E-state index >= 15 is 0 Å². The van der Waals surface area contributed by atoms with Gasteiger partial charge < -0.3 is 29.5 Å².